The number of unbranched alkanes of at least 4 members (excludes halogenated alkanes) is 9. The van der Waals surface area contributed by atoms with E-state index < -0.39 is 0 Å². The van der Waals surface area contributed by atoms with Gasteiger partial charge in [-0.3, -0.25) is 0 Å². The highest BCUT2D eigenvalue weighted by atomic mass is 15.1. The average molecular weight is 292 g/mol. The first-order valence-corrected chi connectivity index (χ1v) is 8.95. The van der Waals surface area contributed by atoms with Gasteiger partial charge in [-0.05, 0) is 12.8 Å². The Kier molecular flexibility index (Phi) is 9.94. The van der Waals surface area contributed by atoms with Crippen molar-refractivity contribution in [3.63, 3.8) is 0 Å². The van der Waals surface area contributed by atoms with Crippen LogP contribution in [0, 0.1) is 6.92 Å². The molecular formula is C19H35N2+. The molecule has 0 aromatic carbocycles. The van der Waals surface area contributed by atoms with Gasteiger partial charge in [0.2, 0.25) is 0 Å². The molecule has 0 spiro atoms. The van der Waals surface area contributed by atoms with Crippen LogP contribution in [0.2, 0.25) is 0 Å². The van der Waals surface area contributed by atoms with Crippen LogP contribution in [0.5, 0.6) is 0 Å². The van der Waals surface area contributed by atoms with Crippen molar-refractivity contribution < 1.29 is 4.57 Å². The lowest BCUT2D eigenvalue weighted by molar-refractivity contribution is -0.702. The van der Waals surface area contributed by atoms with Crippen molar-refractivity contribution in [2.24, 2.45) is 0 Å². The van der Waals surface area contributed by atoms with Gasteiger partial charge in [-0.1, -0.05) is 70.9 Å². The number of aryl methyl sites for hydroxylation is 1. The number of hydrogen-bond acceptors (Lipinski definition) is 0. The molecule has 0 unspecified atom stereocenters. The van der Waals surface area contributed by atoms with Gasteiger partial charge in [0.15, 0.2) is 0 Å². The van der Waals surface area contributed by atoms with Gasteiger partial charge in [0.1, 0.15) is 18.9 Å². The molecular weight excluding hydrogens is 256 g/mol. The van der Waals surface area contributed by atoms with E-state index in [1.807, 2.05) is 6.08 Å². The molecule has 0 aliphatic carbocycles. The van der Waals surface area contributed by atoms with E-state index in [1.165, 1.54) is 70.0 Å². The second-order valence-electron chi connectivity index (χ2n) is 6.16. The summed E-state index contributed by atoms with van der Waals surface area (Å²) in [6.07, 6.45) is 20.4. The van der Waals surface area contributed by atoms with E-state index in [1.54, 1.807) is 0 Å². The van der Waals surface area contributed by atoms with E-state index in [0.29, 0.717) is 0 Å². The summed E-state index contributed by atoms with van der Waals surface area (Å²) in [4.78, 5) is 0. The Morgan fingerprint density at radius 1 is 1.00 bits per heavy atom. The summed E-state index contributed by atoms with van der Waals surface area (Å²) >= 11 is 0. The predicted octanol–water partition coefficient (Wildman–Crippen LogP) is 5.19. The molecule has 0 bridgehead atoms. The van der Waals surface area contributed by atoms with Crippen LogP contribution in [-0.4, -0.2) is 4.57 Å². The minimum absolute atomic E-state index is 0.914. The topological polar surface area (TPSA) is 8.81 Å². The maximum Gasteiger partial charge on any atom is 0.253 e. The number of hydrogen-bond donors (Lipinski definition) is 0. The summed E-state index contributed by atoms with van der Waals surface area (Å²) < 4.78 is 4.62. The Labute approximate surface area is 131 Å². The lowest BCUT2D eigenvalue weighted by Crippen LogP contribution is -2.35. The van der Waals surface area contributed by atoms with Crippen LogP contribution in [0.15, 0.2) is 25.0 Å². The van der Waals surface area contributed by atoms with Crippen LogP contribution in [-0.2, 0) is 13.1 Å². The van der Waals surface area contributed by atoms with Crippen molar-refractivity contribution in [2.75, 3.05) is 0 Å². The standard InChI is InChI=1S/C19H35N2/c1-4-6-7-8-9-10-11-12-13-14-16-21-18-17-20(15-5-2)19(21)3/h5,17-18H,2,4,6-16H2,1,3H3/q+1. The monoisotopic (exact) mass is 291 g/mol. The van der Waals surface area contributed by atoms with Crippen molar-refractivity contribution in [3.8, 4) is 0 Å². The SMILES string of the molecule is C=CCn1cc[n+](CCCCCCCCCCCC)c1C. The fraction of sp³-hybridized carbons (Fsp3) is 0.737. The Bertz CT molecular complexity index is 379. The van der Waals surface area contributed by atoms with Crippen LogP contribution in [0.4, 0.5) is 0 Å². The van der Waals surface area contributed by atoms with Crippen molar-refractivity contribution >= 4 is 0 Å². The molecule has 1 rings (SSSR count). The molecule has 21 heavy (non-hydrogen) atoms. The maximum atomic E-state index is 3.80. The first-order chi connectivity index (χ1) is 10.3. The third kappa shape index (κ3) is 7.50. The smallest absolute Gasteiger partial charge is 0.234 e. The van der Waals surface area contributed by atoms with E-state index in [0.717, 1.165) is 13.1 Å². The molecule has 120 valence electrons. The molecule has 0 aliphatic rings. The van der Waals surface area contributed by atoms with Gasteiger partial charge in [0, 0.05) is 6.92 Å². The summed E-state index contributed by atoms with van der Waals surface area (Å²) in [5.41, 5.74) is 0. The Balaban J connectivity index is 2.00. The van der Waals surface area contributed by atoms with Crippen LogP contribution in [0.1, 0.15) is 77.0 Å². The maximum absolute atomic E-state index is 3.80. The fourth-order valence-electron chi connectivity index (χ4n) is 2.88. The minimum atomic E-state index is 0.914. The second-order valence-corrected chi connectivity index (χ2v) is 6.16. The zero-order valence-electron chi connectivity index (χ0n) is 14.3. The summed E-state index contributed by atoms with van der Waals surface area (Å²) in [6, 6.07) is 0. The highest BCUT2D eigenvalue weighted by molar-refractivity contribution is 4.83. The van der Waals surface area contributed by atoms with Gasteiger partial charge in [-0.15, -0.1) is 0 Å². The Morgan fingerprint density at radius 2 is 1.57 bits per heavy atom. The van der Waals surface area contributed by atoms with Crippen LogP contribution in [0.25, 0.3) is 0 Å². The Morgan fingerprint density at radius 3 is 2.14 bits per heavy atom. The van der Waals surface area contributed by atoms with Crippen LogP contribution < -0.4 is 4.57 Å². The fourth-order valence-corrected chi connectivity index (χ4v) is 2.88. The predicted molar refractivity (Wildman–Crippen MR) is 91.4 cm³/mol. The Hall–Kier alpha value is -1.05. The third-order valence-electron chi connectivity index (χ3n) is 4.34. The molecule has 2 nitrogen and oxygen atoms in total. The molecule has 1 aromatic rings. The van der Waals surface area contributed by atoms with E-state index in [2.05, 4.69) is 42.0 Å². The lowest BCUT2D eigenvalue weighted by Gasteiger charge is -2.02. The van der Waals surface area contributed by atoms with Gasteiger partial charge in [0.05, 0.1) is 6.54 Å². The lowest BCUT2D eigenvalue weighted by atomic mass is 10.1. The molecule has 0 radical (unpaired) electrons. The third-order valence-corrected chi connectivity index (χ3v) is 4.34. The highest BCUT2D eigenvalue weighted by Gasteiger charge is 2.09. The molecule has 0 fully saturated rings. The van der Waals surface area contributed by atoms with Gasteiger partial charge in [0.25, 0.3) is 5.82 Å². The molecule has 0 N–H and O–H groups in total. The van der Waals surface area contributed by atoms with Crippen LogP contribution >= 0.6 is 0 Å². The van der Waals surface area contributed by atoms with E-state index in [4.69, 9.17) is 0 Å². The number of imidazole rings is 1. The molecule has 0 atom stereocenters. The molecule has 0 amide bonds. The number of rotatable bonds is 13. The van der Waals surface area contributed by atoms with Crippen molar-refractivity contribution in [1.29, 1.82) is 0 Å². The zero-order chi connectivity index (χ0) is 15.3. The normalized spacial score (nSPS) is 11.0. The van der Waals surface area contributed by atoms with Gasteiger partial charge < -0.3 is 0 Å². The molecule has 0 saturated heterocycles. The first kappa shape index (κ1) is 18.0. The summed E-state index contributed by atoms with van der Waals surface area (Å²) in [7, 11) is 0. The molecule has 0 aliphatic heterocycles. The minimum Gasteiger partial charge on any atom is -0.234 e. The van der Waals surface area contributed by atoms with E-state index in [-0.39, 0.29) is 0 Å². The highest BCUT2D eigenvalue weighted by Crippen LogP contribution is 2.10. The van der Waals surface area contributed by atoms with E-state index >= 15 is 0 Å². The summed E-state index contributed by atoms with van der Waals surface area (Å²) in [5.74, 6) is 1.34. The largest absolute Gasteiger partial charge is 0.253 e. The zero-order valence-corrected chi connectivity index (χ0v) is 14.3. The van der Waals surface area contributed by atoms with E-state index in [9.17, 15) is 0 Å². The van der Waals surface area contributed by atoms with Crippen LogP contribution in [0.3, 0.4) is 0 Å². The van der Waals surface area contributed by atoms with Crippen molar-refractivity contribution in [2.45, 2.75) is 91.1 Å². The molecule has 1 aromatic heterocycles. The number of aromatic nitrogens is 2. The molecule has 0 saturated carbocycles. The summed E-state index contributed by atoms with van der Waals surface area (Å²) in [5, 5.41) is 0. The number of nitrogens with zero attached hydrogens (tertiary/aromatic N) is 2. The quantitative estimate of drug-likeness (QED) is 0.269. The molecule has 1 heterocycles. The van der Waals surface area contributed by atoms with Crippen molar-refractivity contribution in [3.05, 3.63) is 30.9 Å². The average Bonchev–Trinajstić information content (AvgIpc) is 2.83. The summed E-state index contributed by atoms with van der Waals surface area (Å²) in [6.45, 7) is 10.4. The number of allylic oxidation sites excluding steroid dienone is 1. The van der Waals surface area contributed by atoms with Gasteiger partial charge in [-0.2, -0.15) is 0 Å². The van der Waals surface area contributed by atoms with Gasteiger partial charge in [-0.25, -0.2) is 9.13 Å². The first-order valence-electron chi connectivity index (χ1n) is 8.95. The van der Waals surface area contributed by atoms with Gasteiger partial charge >= 0.3 is 0 Å². The second kappa shape index (κ2) is 11.6. The molecule has 2 heteroatoms. The van der Waals surface area contributed by atoms with Crippen molar-refractivity contribution in [1.82, 2.24) is 4.57 Å².